The lowest BCUT2D eigenvalue weighted by molar-refractivity contribution is -0.135. The van der Waals surface area contributed by atoms with E-state index in [-0.39, 0.29) is 10.8 Å². The number of nitrogens with two attached hydrogens (primary N) is 1. The second kappa shape index (κ2) is 5.63. The van der Waals surface area contributed by atoms with Gasteiger partial charge in [-0.1, -0.05) is 18.3 Å². The molecule has 0 amide bonds. The minimum atomic E-state index is -3.81. The zero-order valence-corrected chi connectivity index (χ0v) is 11.7. The van der Waals surface area contributed by atoms with E-state index in [1.54, 1.807) is 0 Å². The molecule has 0 spiro atoms. The third-order valence-electron chi connectivity index (χ3n) is 2.09. The minimum absolute atomic E-state index is 0.0241. The third-order valence-corrected chi connectivity index (χ3v) is 4.86. The molecule has 102 valence electrons. The lowest BCUT2D eigenvalue weighted by atomic mass is 10.4. The molecule has 0 fully saturated rings. The Balaban J connectivity index is 3.10. The average molecular weight is 293 g/mol. The van der Waals surface area contributed by atoms with E-state index in [1.807, 2.05) is 6.92 Å². The second-order valence-electron chi connectivity index (χ2n) is 3.73. The van der Waals surface area contributed by atoms with Crippen LogP contribution < -0.4 is 10.0 Å². The van der Waals surface area contributed by atoms with Crippen LogP contribution in [0.1, 0.15) is 19.0 Å². The molecule has 0 aromatic carbocycles. The fraction of sp³-hybridized carbons (Fsp3) is 0.556. The van der Waals surface area contributed by atoms with Crippen molar-refractivity contribution in [1.29, 1.82) is 0 Å². The Labute approximate surface area is 109 Å². The van der Waals surface area contributed by atoms with Crippen molar-refractivity contribution in [3.63, 3.8) is 0 Å². The molecular weight excluding hydrogens is 278 g/mol. The van der Waals surface area contributed by atoms with Crippen LogP contribution >= 0.6 is 11.3 Å². The predicted octanol–water partition coefficient (Wildman–Crippen LogP) is 0.400. The molecule has 3 N–H and O–H groups in total. The number of sulfonamides is 1. The molecule has 1 rings (SSSR count). The van der Waals surface area contributed by atoms with E-state index in [0.29, 0.717) is 17.4 Å². The Hall–Kier alpha value is -1.19. The van der Waals surface area contributed by atoms with Crippen LogP contribution in [0.15, 0.2) is 4.21 Å². The maximum atomic E-state index is 11.3. The summed E-state index contributed by atoms with van der Waals surface area (Å²) in [5.74, 6) is -0.992. The normalized spacial score (nSPS) is 11.5. The summed E-state index contributed by atoms with van der Waals surface area (Å²) in [6, 6.07) is 0. The molecule has 0 aliphatic heterocycles. The van der Waals surface area contributed by atoms with E-state index < -0.39 is 16.0 Å². The van der Waals surface area contributed by atoms with Crippen molar-refractivity contribution in [2.75, 3.05) is 18.0 Å². The van der Waals surface area contributed by atoms with Gasteiger partial charge in [0.25, 0.3) is 0 Å². The van der Waals surface area contributed by atoms with Gasteiger partial charge >= 0.3 is 5.97 Å². The van der Waals surface area contributed by atoms with Crippen molar-refractivity contribution < 1.29 is 18.3 Å². The summed E-state index contributed by atoms with van der Waals surface area (Å²) in [6.07, 6.45) is 0.733. The molecule has 0 unspecified atom stereocenters. The third kappa shape index (κ3) is 3.65. The number of aromatic nitrogens is 1. The summed E-state index contributed by atoms with van der Waals surface area (Å²) in [6.45, 7) is 3.70. The second-order valence-corrected chi connectivity index (χ2v) is 6.46. The van der Waals surface area contributed by atoms with Gasteiger partial charge in [0, 0.05) is 6.54 Å². The van der Waals surface area contributed by atoms with Gasteiger partial charge in [-0.05, 0) is 13.3 Å². The van der Waals surface area contributed by atoms with Gasteiger partial charge < -0.3 is 10.0 Å². The first-order valence-corrected chi connectivity index (χ1v) is 7.59. The first-order chi connectivity index (χ1) is 8.25. The lowest BCUT2D eigenvalue weighted by Crippen LogP contribution is -2.30. The highest BCUT2D eigenvalue weighted by molar-refractivity contribution is 7.91. The summed E-state index contributed by atoms with van der Waals surface area (Å²) in [7, 11) is -3.81. The number of hydrogen-bond acceptors (Lipinski definition) is 6. The number of carboxylic acids is 1. The highest BCUT2D eigenvalue weighted by Crippen LogP contribution is 2.28. The van der Waals surface area contributed by atoms with Crippen molar-refractivity contribution in [2.45, 2.75) is 24.5 Å². The smallest absolute Gasteiger partial charge is 0.323 e. The number of primary sulfonamides is 1. The van der Waals surface area contributed by atoms with Crippen LogP contribution in [-0.2, 0) is 14.8 Å². The van der Waals surface area contributed by atoms with E-state index in [2.05, 4.69) is 4.98 Å². The zero-order chi connectivity index (χ0) is 13.9. The Morgan fingerprint density at radius 1 is 1.56 bits per heavy atom. The molecule has 0 aliphatic carbocycles. The minimum Gasteiger partial charge on any atom is -0.480 e. The molecule has 1 heterocycles. The fourth-order valence-electron chi connectivity index (χ4n) is 1.44. The van der Waals surface area contributed by atoms with Crippen molar-refractivity contribution in [2.24, 2.45) is 5.14 Å². The van der Waals surface area contributed by atoms with Gasteiger partial charge in [-0.15, -0.1) is 0 Å². The van der Waals surface area contributed by atoms with Crippen LogP contribution in [0.5, 0.6) is 0 Å². The first kappa shape index (κ1) is 14.9. The number of hydrogen-bond donors (Lipinski definition) is 2. The number of aliphatic carboxylic acids is 1. The molecule has 1 aromatic heterocycles. The Kier molecular flexibility index (Phi) is 4.65. The number of nitrogens with zero attached hydrogens (tertiary/aromatic N) is 2. The van der Waals surface area contributed by atoms with E-state index in [0.717, 1.165) is 17.8 Å². The summed E-state index contributed by atoms with van der Waals surface area (Å²) >= 11 is 0.895. The maximum Gasteiger partial charge on any atom is 0.323 e. The number of carboxylic acid groups (broad SMARTS) is 1. The molecular formula is C9H15N3O4S2. The van der Waals surface area contributed by atoms with Gasteiger partial charge in [0.2, 0.25) is 10.0 Å². The summed E-state index contributed by atoms with van der Waals surface area (Å²) in [4.78, 5) is 16.3. The molecule has 1 aromatic rings. The topological polar surface area (TPSA) is 114 Å². The Bertz CT molecular complexity index is 538. The standard InChI is InChI=1S/C9H15N3O4S2/c1-3-4-12(5-7(13)14)9-11-6(2)8(17-9)18(10,15)16/h3-5H2,1-2H3,(H,13,14)(H2,10,15,16). The van der Waals surface area contributed by atoms with Crippen molar-refractivity contribution in [3.8, 4) is 0 Å². The summed E-state index contributed by atoms with van der Waals surface area (Å²) in [5.41, 5.74) is 0.295. The highest BCUT2D eigenvalue weighted by Gasteiger charge is 2.21. The van der Waals surface area contributed by atoms with E-state index in [4.69, 9.17) is 10.2 Å². The molecule has 9 heteroatoms. The lowest BCUT2D eigenvalue weighted by Gasteiger charge is -2.18. The molecule has 18 heavy (non-hydrogen) atoms. The predicted molar refractivity (Wildman–Crippen MR) is 68.4 cm³/mol. The van der Waals surface area contributed by atoms with Gasteiger partial charge in [0.1, 0.15) is 6.54 Å². The average Bonchev–Trinajstić information content (AvgIpc) is 2.58. The highest BCUT2D eigenvalue weighted by atomic mass is 32.2. The van der Waals surface area contributed by atoms with Crippen molar-refractivity contribution in [3.05, 3.63) is 5.69 Å². The Morgan fingerprint density at radius 3 is 2.56 bits per heavy atom. The molecule has 0 aliphatic rings. The van der Waals surface area contributed by atoms with Gasteiger partial charge in [0.15, 0.2) is 9.34 Å². The van der Waals surface area contributed by atoms with E-state index >= 15 is 0 Å². The van der Waals surface area contributed by atoms with Crippen molar-refractivity contribution in [1.82, 2.24) is 4.98 Å². The summed E-state index contributed by atoms with van der Waals surface area (Å²) in [5, 5.41) is 14.2. The number of thiazole rings is 1. The van der Waals surface area contributed by atoms with Gasteiger partial charge in [0.05, 0.1) is 5.69 Å². The number of anilines is 1. The number of rotatable bonds is 6. The maximum absolute atomic E-state index is 11.3. The largest absolute Gasteiger partial charge is 0.480 e. The van der Waals surface area contributed by atoms with Crippen molar-refractivity contribution >= 4 is 32.5 Å². The molecule has 0 radical (unpaired) electrons. The van der Waals surface area contributed by atoms with E-state index in [9.17, 15) is 13.2 Å². The zero-order valence-electron chi connectivity index (χ0n) is 10.1. The molecule has 0 saturated heterocycles. The van der Waals surface area contributed by atoms with Crippen LogP contribution in [0.3, 0.4) is 0 Å². The van der Waals surface area contributed by atoms with Crippen LogP contribution in [-0.4, -0.2) is 37.6 Å². The molecule has 0 bridgehead atoms. The first-order valence-electron chi connectivity index (χ1n) is 5.22. The van der Waals surface area contributed by atoms with Gasteiger partial charge in [-0.2, -0.15) is 0 Å². The van der Waals surface area contributed by atoms with Crippen LogP contribution in [0.25, 0.3) is 0 Å². The van der Waals surface area contributed by atoms with Crippen LogP contribution in [0, 0.1) is 6.92 Å². The van der Waals surface area contributed by atoms with E-state index in [1.165, 1.54) is 11.8 Å². The van der Waals surface area contributed by atoms with Crippen LogP contribution in [0.4, 0.5) is 5.13 Å². The van der Waals surface area contributed by atoms with Gasteiger partial charge in [-0.3, -0.25) is 4.79 Å². The number of aryl methyl sites for hydroxylation is 1. The SMILES string of the molecule is CCCN(CC(=O)O)c1nc(C)c(S(N)(=O)=O)s1. The fourth-order valence-corrected chi connectivity index (χ4v) is 3.42. The van der Waals surface area contributed by atoms with Gasteiger partial charge in [-0.25, -0.2) is 18.5 Å². The van der Waals surface area contributed by atoms with Crippen LogP contribution in [0.2, 0.25) is 0 Å². The Morgan fingerprint density at radius 2 is 2.17 bits per heavy atom. The quantitative estimate of drug-likeness (QED) is 0.784. The summed E-state index contributed by atoms with van der Waals surface area (Å²) < 4.78 is 22.5. The molecule has 0 saturated carbocycles. The molecule has 0 atom stereocenters. The molecule has 7 nitrogen and oxygen atoms in total. The number of carbonyl (C=O) groups is 1. The monoisotopic (exact) mass is 293 g/mol.